The molecule has 6 nitrogen and oxygen atoms in total. The minimum absolute atomic E-state index is 0.00289. The number of nitrogens with zero attached hydrogens (tertiary/aromatic N) is 1. The maximum atomic E-state index is 13.4. The molecule has 0 spiro atoms. The molecule has 1 N–H and O–H groups in total. The number of methoxy groups -OCH3 is 1. The topological polar surface area (TPSA) is 76.1 Å². The van der Waals surface area contributed by atoms with Crippen LogP contribution < -0.4 is 14.4 Å². The smallest absolute Gasteiger partial charge is 0.300 e. The normalized spacial score (nSPS) is 17.2. The highest BCUT2D eigenvalue weighted by molar-refractivity contribution is 6.51. The number of amides is 1. The quantitative estimate of drug-likeness (QED) is 0.307. The van der Waals surface area contributed by atoms with Crippen molar-refractivity contribution in [2.45, 2.75) is 26.8 Å². The van der Waals surface area contributed by atoms with Crippen LogP contribution in [0, 0.1) is 13.8 Å². The Morgan fingerprint density at radius 1 is 1.00 bits per heavy atom. The van der Waals surface area contributed by atoms with Crippen LogP contribution in [0.5, 0.6) is 11.5 Å². The van der Waals surface area contributed by atoms with E-state index in [-0.39, 0.29) is 11.3 Å². The maximum Gasteiger partial charge on any atom is 0.300 e. The Morgan fingerprint density at radius 2 is 1.76 bits per heavy atom. The monoisotopic (exact) mass is 457 g/mol. The van der Waals surface area contributed by atoms with Gasteiger partial charge in [0.25, 0.3) is 11.7 Å². The Kier molecular flexibility index (Phi) is 6.41. The van der Waals surface area contributed by atoms with Gasteiger partial charge in [-0.3, -0.25) is 14.5 Å². The number of aliphatic hydroxyl groups is 1. The van der Waals surface area contributed by atoms with Crippen molar-refractivity contribution in [2.75, 3.05) is 18.6 Å². The molecule has 3 aromatic rings. The minimum atomic E-state index is -0.867. The molecule has 34 heavy (non-hydrogen) atoms. The van der Waals surface area contributed by atoms with Crippen LogP contribution in [0.15, 0.2) is 72.3 Å². The van der Waals surface area contributed by atoms with Crippen LogP contribution in [0.2, 0.25) is 0 Å². The third-order valence-corrected chi connectivity index (χ3v) is 5.91. The zero-order valence-electron chi connectivity index (χ0n) is 19.7. The van der Waals surface area contributed by atoms with Crippen molar-refractivity contribution in [3.05, 3.63) is 94.6 Å². The van der Waals surface area contributed by atoms with Gasteiger partial charge in [-0.1, -0.05) is 48.0 Å². The standard InChI is InChI=1S/C28H27NO5/c1-5-34-20-10-8-9-19(16-20)26(30)24-25(21-11-6-7-12-23(21)33-4)29(28(32)27(24)31)22-14-13-17(2)15-18(22)3/h6-16,25,30H,5H2,1-4H3/b26-24+. The number of benzene rings is 3. The van der Waals surface area contributed by atoms with Crippen LogP contribution in [0.1, 0.15) is 35.2 Å². The van der Waals surface area contributed by atoms with Gasteiger partial charge in [-0.05, 0) is 50.6 Å². The number of hydrogen-bond donors (Lipinski definition) is 1. The third-order valence-electron chi connectivity index (χ3n) is 5.91. The fourth-order valence-corrected chi connectivity index (χ4v) is 4.40. The maximum absolute atomic E-state index is 13.4. The average molecular weight is 458 g/mol. The first-order valence-electron chi connectivity index (χ1n) is 11.1. The molecule has 1 amide bonds. The van der Waals surface area contributed by atoms with Gasteiger partial charge in [-0.2, -0.15) is 0 Å². The van der Waals surface area contributed by atoms with E-state index in [0.717, 1.165) is 11.1 Å². The summed E-state index contributed by atoms with van der Waals surface area (Å²) in [5, 5.41) is 11.4. The van der Waals surface area contributed by atoms with E-state index in [1.807, 2.05) is 51.1 Å². The minimum Gasteiger partial charge on any atom is -0.507 e. The van der Waals surface area contributed by atoms with Crippen LogP contribution in [-0.2, 0) is 9.59 Å². The van der Waals surface area contributed by atoms with E-state index in [9.17, 15) is 14.7 Å². The molecule has 1 aliphatic rings. The molecule has 0 radical (unpaired) electrons. The van der Waals surface area contributed by atoms with Crippen LogP contribution in [0.4, 0.5) is 5.69 Å². The van der Waals surface area contributed by atoms with E-state index in [0.29, 0.717) is 34.9 Å². The highest BCUT2D eigenvalue weighted by Crippen LogP contribution is 2.45. The Hall–Kier alpha value is -4.06. The zero-order chi connectivity index (χ0) is 24.4. The van der Waals surface area contributed by atoms with Crippen LogP contribution >= 0.6 is 0 Å². The number of Topliss-reactive ketones (excluding diaryl/α,β-unsaturated/α-hetero) is 1. The van der Waals surface area contributed by atoms with E-state index in [2.05, 4.69) is 0 Å². The molecule has 1 unspecified atom stereocenters. The third kappa shape index (κ3) is 4.03. The van der Waals surface area contributed by atoms with Crippen molar-refractivity contribution in [2.24, 2.45) is 0 Å². The van der Waals surface area contributed by atoms with E-state index < -0.39 is 17.7 Å². The van der Waals surface area contributed by atoms with Crippen molar-refractivity contribution in [3.63, 3.8) is 0 Å². The number of carbonyl (C=O) groups is 2. The van der Waals surface area contributed by atoms with Crippen molar-refractivity contribution in [3.8, 4) is 11.5 Å². The number of hydrogen-bond acceptors (Lipinski definition) is 5. The highest BCUT2D eigenvalue weighted by Gasteiger charge is 2.48. The lowest BCUT2D eigenvalue weighted by Gasteiger charge is -2.28. The highest BCUT2D eigenvalue weighted by atomic mass is 16.5. The lowest BCUT2D eigenvalue weighted by Crippen LogP contribution is -2.30. The summed E-state index contributed by atoms with van der Waals surface area (Å²) in [4.78, 5) is 28.3. The number of ether oxygens (including phenoxy) is 2. The van der Waals surface area contributed by atoms with Gasteiger partial charge in [-0.15, -0.1) is 0 Å². The molecule has 1 aliphatic heterocycles. The molecule has 1 saturated heterocycles. The molecular weight excluding hydrogens is 430 g/mol. The molecule has 0 bridgehead atoms. The van der Waals surface area contributed by atoms with Crippen LogP contribution in [-0.4, -0.2) is 30.5 Å². The van der Waals surface area contributed by atoms with E-state index in [4.69, 9.17) is 9.47 Å². The summed E-state index contributed by atoms with van der Waals surface area (Å²) in [6, 6.07) is 18.9. The van der Waals surface area contributed by atoms with Gasteiger partial charge in [0.05, 0.1) is 25.3 Å². The van der Waals surface area contributed by atoms with Gasteiger partial charge in [0.15, 0.2) is 0 Å². The number of rotatable bonds is 6. The second-order valence-electron chi connectivity index (χ2n) is 8.16. The fraction of sp³-hybridized carbons (Fsp3) is 0.214. The van der Waals surface area contributed by atoms with Crippen molar-refractivity contribution < 1.29 is 24.2 Å². The van der Waals surface area contributed by atoms with E-state index in [1.165, 1.54) is 12.0 Å². The van der Waals surface area contributed by atoms with Gasteiger partial charge in [0, 0.05) is 16.8 Å². The number of aliphatic hydroxyl groups excluding tert-OH is 1. The summed E-state index contributed by atoms with van der Waals surface area (Å²) in [6.45, 7) is 6.19. The molecule has 4 rings (SSSR count). The molecule has 0 saturated carbocycles. The molecule has 0 aromatic heterocycles. The van der Waals surface area contributed by atoms with Gasteiger partial charge in [0.1, 0.15) is 17.3 Å². The number of ketones is 1. The Labute approximate surface area is 199 Å². The van der Waals surface area contributed by atoms with Gasteiger partial charge in [0.2, 0.25) is 0 Å². The van der Waals surface area contributed by atoms with Crippen LogP contribution in [0.3, 0.4) is 0 Å². The summed E-state index contributed by atoms with van der Waals surface area (Å²) < 4.78 is 11.1. The first-order chi connectivity index (χ1) is 16.4. The zero-order valence-corrected chi connectivity index (χ0v) is 19.7. The average Bonchev–Trinajstić information content (AvgIpc) is 3.09. The van der Waals surface area contributed by atoms with E-state index in [1.54, 1.807) is 36.4 Å². The number of para-hydroxylation sites is 1. The number of carbonyl (C=O) groups excluding carboxylic acids is 2. The summed E-state index contributed by atoms with van der Waals surface area (Å²) in [5.74, 6) is -0.647. The molecule has 1 heterocycles. The van der Waals surface area contributed by atoms with Gasteiger partial charge in [-0.25, -0.2) is 0 Å². The lowest BCUT2D eigenvalue weighted by molar-refractivity contribution is -0.132. The molecule has 6 heteroatoms. The predicted octanol–water partition coefficient (Wildman–Crippen LogP) is 5.34. The Morgan fingerprint density at radius 3 is 2.47 bits per heavy atom. The summed E-state index contributed by atoms with van der Waals surface area (Å²) in [7, 11) is 1.54. The van der Waals surface area contributed by atoms with Gasteiger partial charge < -0.3 is 14.6 Å². The van der Waals surface area contributed by atoms with E-state index >= 15 is 0 Å². The van der Waals surface area contributed by atoms with Crippen molar-refractivity contribution >= 4 is 23.1 Å². The lowest BCUT2D eigenvalue weighted by atomic mass is 9.94. The number of aryl methyl sites for hydroxylation is 2. The summed E-state index contributed by atoms with van der Waals surface area (Å²) >= 11 is 0. The molecule has 174 valence electrons. The molecule has 0 aliphatic carbocycles. The first kappa shape index (κ1) is 23.1. The molecular formula is C28H27NO5. The number of anilines is 1. The first-order valence-corrected chi connectivity index (χ1v) is 11.1. The largest absolute Gasteiger partial charge is 0.507 e. The molecule has 1 atom stereocenters. The second-order valence-corrected chi connectivity index (χ2v) is 8.16. The summed E-state index contributed by atoms with van der Waals surface area (Å²) in [6.07, 6.45) is 0. The van der Waals surface area contributed by atoms with Gasteiger partial charge >= 0.3 is 0 Å². The second kappa shape index (κ2) is 9.43. The van der Waals surface area contributed by atoms with Crippen molar-refractivity contribution in [1.29, 1.82) is 0 Å². The summed E-state index contributed by atoms with van der Waals surface area (Å²) in [5.41, 5.74) is 3.49. The predicted molar refractivity (Wildman–Crippen MR) is 131 cm³/mol. The Bertz CT molecular complexity index is 1290. The molecule has 3 aromatic carbocycles. The Balaban J connectivity index is 1.98. The van der Waals surface area contributed by atoms with Crippen LogP contribution in [0.25, 0.3) is 5.76 Å². The SMILES string of the molecule is CCOc1cccc(/C(O)=C2\C(=O)C(=O)N(c3ccc(C)cc3C)C2c2ccccc2OC)c1. The van der Waals surface area contributed by atoms with Crippen molar-refractivity contribution in [1.82, 2.24) is 0 Å². The fourth-order valence-electron chi connectivity index (χ4n) is 4.40. The molecule has 1 fully saturated rings.